The molecule has 2 N–H and O–H groups in total. The van der Waals surface area contributed by atoms with Crippen molar-refractivity contribution in [1.82, 2.24) is 15.2 Å². The number of carbonyl (C=O) groups is 1. The van der Waals surface area contributed by atoms with E-state index in [4.69, 9.17) is 0 Å². The van der Waals surface area contributed by atoms with Gasteiger partial charge in [-0.25, -0.2) is 0 Å². The summed E-state index contributed by atoms with van der Waals surface area (Å²) < 4.78 is 0. The first-order valence-electron chi connectivity index (χ1n) is 6.88. The molecular weight excluding hydrogens is 242 g/mol. The largest absolute Gasteiger partial charge is 0.364 e. The van der Waals surface area contributed by atoms with Gasteiger partial charge in [-0.3, -0.25) is 9.59 Å². The normalized spacial score (nSPS) is 26.3. The van der Waals surface area contributed by atoms with E-state index in [1.54, 1.807) is 6.20 Å². The monoisotopic (exact) mass is 261 g/mol. The lowest BCUT2D eigenvalue weighted by molar-refractivity contribution is 0.0573. The molecule has 0 spiro atoms. The Morgan fingerprint density at radius 2 is 2.26 bits per heavy atom. The number of hydrogen-bond donors (Lipinski definition) is 2. The Morgan fingerprint density at radius 3 is 3.05 bits per heavy atom. The number of carbonyl (C=O) groups excluding carboxylic acids is 1. The van der Waals surface area contributed by atoms with Crippen LogP contribution in [0.5, 0.6) is 0 Å². The van der Waals surface area contributed by atoms with E-state index in [-0.39, 0.29) is 22.9 Å². The van der Waals surface area contributed by atoms with Crippen molar-refractivity contribution in [2.24, 2.45) is 5.92 Å². The van der Waals surface area contributed by atoms with E-state index in [1.165, 1.54) is 12.5 Å². The third-order valence-electron chi connectivity index (χ3n) is 4.23. The lowest BCUT2D eigenvalue weighted by atomic mass is 9.91. The summed E-state index contributed by atoms with van der Waals surface area (Å²) in [4.78, 5) is 29.3. The number of rotatable bonds is 1. The predicted octanol–water partition coefficient (Wildman–Crippen LogP) is 0.507. The van der Waals surface area contributed by atoms with E-state index in [0.717, 1.165) is 31.7 Å². The number of aromatic amines is 1. The molecule has 0 aromatic carbocycles. The van der Waals surface area contributed by atoms with Crippen molar-refractivity contribution in [1.29, 1.82) is 0 Å². The SMILES string of the molecule is Cc1cc(=O)c(C(=O)N2CCCC3CNCC32)c[nH]1. The van der Waals surface area contributed by atoms with Crippen LogP contribution in [0.25, 0.3) is 0 Å². The molecule has 0 saturated carbocycles. The van der Waals surface area contributed by atoms with E-state index in [9.17, 15) is 9.59 Å². The molecule has 3 heterocycles. The number of pyridine rings is 1. The van der Waals surface area contributed by atoms with Gasteiger partial charge in [0, 0.05) is 43.6 Å². The van der Waals surface area contributed by atoms with Crippen molar-refractivity contribution in [2.75, 3.05) is 19.6 Å². The Morgan fingerprint density at radius 1 is 1.42 bits per heavy atom. The minimum Gasteiger partial charge on any atom is -0.364 e. The maximum absolute atomic E-state index is 12.6. The van der Waals surface area contributed by atoms with Crippen molar-refractivity contribution in [2.45, 2.75) is 25.8 Å². The van der Waals surface area contributed by atoms with E-state index < -0.39 is 0 Å². The zero-order valence-electron chi connectivity index (χ0n) is 11.1. The first-order valence-corrected chi connectivity index (χ1v) is 6.88. The van der Waals surface area contributed by atoms with Gasteiger partial charge in [-0.15, -0.1) is 0 Å². The molecule has 0 bridgehead atoms. The molecule has 1 amide bonds. The predicted molar refractivity (Wildman–Crippen MR) is 72.2 cm³/mol. The van der Waals surface area contributed by atoms with Crippen molar-refractivity contribution in [3.8, 4) is 0 Å². The van der Waals surface area contributed by atoms with Crippen LogP contribution in [0.1, 0.15) is 28.9 Å². The van der Waals surface area contributed by atoms with Crippen LogP contribution >= 0.6 is 0 Å². The number of nitrogens with zero attached hydrogens (tertiary/aromatic N) is 1. The molecule has 2 unspecified atom stereocenters. The highest BCUT2D eigenvalue weighted by molar-refractivity contribution is 5.94. The van der Waals surface area contributed by atoms with Crippen LogP contribution in [0.2, 0.25) is 0 Å². The molecule has 1 aromatic heterocycles. The van der Waals surface area contributed by atoms with Crippen molar-refractivity contribution in [3.05, 3.63) is 33.7 Å². The Hall–Kier alpha value is -1.62. The van der Waals surface area contributed by atoms with Gasteiger partial charge in [0.25, 0.3) is 5.91 Å². The van der Waals surface area contributed by atoms with Gasteiger partial charge in [0.15, 0.2) is 5.43 Å². The molecule has 19 heavy (non-hydrogen) atoms. The van der Waals surface area contributed by atoms with Gasteiger partial charge in [-0.1, -0.05) is 0 Å². The minimum atomic E-state index is -0.186. The van der Waals surface area contributed by atoms with Gasteiger partial charge >= 0.3 is 0 Å². The molecule has 2 saturated heterocycles. The second-order valence-corrected chi connectivity index (χ2v) is 5.52. The average Bonchev–Trinajstić information content (AvgIpc) is 2.86. The van der Waals surface area contributed by atoms with Gasteiger partial charge in [0.2, 0.25) is 0 Å². The van der Waals surface area contributed by atoms with Crippen LogP contribution < -0.4 is 10.7 Å². The first kappa shape index (κ1) is 12.4. The lowest BCUT2D eigenvalue weighted by Crippen LogP contribution is -2.49. The van der Waals surface area contributed by atoms with Gasteiger partial charge in [-0.05, 0) is 25.7 Å². The smallest absolute Gasteiger partial charge is 0.259 e. The topological polar surface area (TPSA) is 65.2 Å². The summed E-state index contributed by atoms with van der Waals surface area (Å²) in [5.41, 5.74) is 0.855. The van der Waals surface area contributed by atoms with Crippen LogP contribution in [0.4, 0.5) is 0 Å². The van der Waals surface area contributed by atoms with Gasteiger partial charge < -0.3 is 15.2 Å². The zero-order chi connectivity index (χ0) is 13.4. The van der Waals surface area contributed by atoms with E-state index in [2.05, 4.69) is 10.3 Å². The Labute approximate surface area is 112 Å². The number of fused-ring (bicyclic) bond motifs is 1. The molecule has 5 heteroatoms. The van der Waals surface area contributed by atoms with E-state index in [0.29, 0.717) is 5.92 Å². The van der Waals surface area contributed by atoms with Crippen molar-refractivity contribution < 1.29 is 4.79 Å². The van der Waals surface area contributed by atoms with Gasteiger partial charge in [-0.2, -0.15) is 0 Å². The number of piperidine rings is 1. The number of likely N-dealkylation sites (tertiary alicyclic amines) is 1. The Balaban J connectivity index is 1.88. The van der Waals surface area contributed by atoms with E-state index in [1.807, 2.05) is 11.8 Å². The minimum absolute atomic E-state index is 0.125. The second-order valence-electron chi connectivity index (χ2n) is 5.52. The van der Waals surface area contributed by atoms with Gasteiger partial charge in [0.1, 0.15) is 5.56 Å². The first-order chi connectivity index (χ1) is 9.16. The molecule has 2 aliphatic rings. The molecule has 102 valence electrons. The van der Waals surface area contributed by atoms with Crippen molar-refractivity contribution in [3.63, 3.8) is 0 Å². The molecule has 2 atom stereocenters. The third kappa shape index (κ3) is 2.18. The Kier molecular flexibility index (Phi) is 3.14. The highest BCUT2D eigenvalue weighted by Crippen LogP contribution is 2.27. The second kappa shape index (κ2) is 4.81. The average molecular weight is 261 g/mol. The number of aryl methyl sites for hydroxylation is 1. The number of aromatic nitrogens is 1. The quantitative estimate of drug-likeness (QED) is 0.774. The molecule has 0 aliphatic carbocycles. The highest BCUT2D eigenvalue weighted by atomic mass is 16.2. The summed E-state index contributed by atoms with van der Waals surface area (Å²) in [7, 11) is 0. The number of H-pyrrole nitrogens is 1. The van der Waals surface area contributed by atoms with Crippen LogP contribution in [-0.4, -0.2) is 41.5 Å². The van der Waals surface area contributed by atoms with Crippen LogP contribution in [-0.2, 0) is 0 Å². The van der Waals surface area contributed by atoms with Crippen molar-refractivity contribution >= 4 is 5.91 Å². The standard InChI is InChI=1S/C14H19N3O2/c1-9-5-13(18)11(7-16-9)14(19)17-4-2-3-10-6-15-8-12(10)17/h5,7,10,12,15H,2-4,6,8H2,1H3,(H,16,18). The molecule has 5 nitrogen and oxygen atoms in total. The van der Waals surface area contributed by atoms with Crippen LogP contribution in [0.15, 0.2) is 17.1 Å². The van der Waals surface area contributed by atoms with Crippen LogP contribution in [0, 0.1) is 12.8 Å². The molecule has 2 aliphatic heterocycles. The summed E-state index contributed by atoms with van der Waals surface area (Å²) in [6, 6.07) is 1.74. The number of hydrogen-bond acceptors (Lipinski definition) is 3. The fraction of sp³-hybridized carbons (Fsp3) is 0.571. The summed E-state index contributed by atoms with van der Waals surface area (Å²) in [5, 5.41) is 3.34. The fourth-order valence-corrected chi connectivity index (χ4v) is 3.22. The number of amides is 1. The lowest BCUT2D eigenvalue weighted by Gasteiger charge is -2.36. The summed E-state index contributed by atoms with van der Waals surface area (Å²) >= 11 is 0. The maximum atomic E-state index is 12.6. The highest BCUT2D eigenvalue weighted by Gasteiger charge is 2.38. The molecular formula is C14H19N3O2. The summed E-state index contributed by atoms with van der Waals surface area (Å²) in [6.07, 6.45) is 3.75. The summed E-state index contributed by atoms with van der Waals surface area (Å²) in [5.74, 6) is 0.418. The molecule has 1 aromatic rings. The summed E-state index contributed by atoms with van der Waals surface area (Å²) in [6.45, 7) is 4.40. The van der Waals surface area contributed by atoms with E-state index >= 15 is 0 Å². The maximum Gasteiger partial charge on any atom is 0.259 e. The molecule has 3 rings (SSSR count). The third-order valence-corrected chi connectivity index (χ3v) is 4.23. The van der Waals surface area contributed by atoms with Gasteiger partial charge in [0.05, 0.1) is 0 Å². The Bertz CT molecular complexity index is 552. The van der Waals surface area contributed by atoms with Crippen LogP contribution in [0.3, 0.4) is 0 Å². The zero-order valence-corrected chi connectivity index (χ0v) is 11.1. The molecule has 2 fully saturated rings. The fourth-order valence-electron chi connectivity index (χ4n) is 3.22. The molecule has 0 radical (unpaired) electrons. The number of nitrogens with one attached hydrogen (secondary N) is 2.